The van der Waals surface area contributed by atoms with Gasteiger partial charge in [-0.25, -0.2) is 4.79 Å². The van der Waals surface area contributed by atoms with Gasteiger partial charge in [0, 0.05) is 0 Å². The Balaban J connectivity index is 0.000000606. The molecule has 1 aliphatic heterocycles. The number of benzene rings is 1. The summed E-state index contributed by atoms with van der Waals surface area (Å²) in [5.41, 5.74) is -0.151. The fourth-order valence-corrected chi connectivity index (χ4v) is 1.52. The largest absolute Gasteiger partial charge is 0.322 e. The van der Waals surface area contributed by atoms with Crippen LogP contribution in [0, 0.1) is 0 Å². The quantitative estimate of drug-likeness (QED) is 0.708. The molecule has 1 aromatic carbocycles. The second-order valence-electron chi connectivity index (χ2n) is 3.40. The minimum atomic E-state index is -0.932. The Kier molecular flexibility index (Phi) is 3.66. The molecular weight excluding hydrogens is 204 g/mol. The number of urea groups is 1. The molecule has 0 saturated carbocycles. The first kappa shape index (κ1) is 12.2. The van der Waals surface area contributed by atoms with Crippen LogP contribution in [0.15, 0.2) is 30.3 Å². The van der Waals surface area contributed by atoms with Crippen molar-refractivity contribution in [1.29, 1.82) is 0 Å². The third-order valence-electron chi connectivity index (χ3n) is 2.40. The van der Waals surface area contributed by atoms with Crippen molar-refractivity contribution in [3.05, 3.63) is 35.9 Å². The van der Waals surface area contributed by atoms with E-state index in [9.17, 15) is 9.59 Å². The summed E-state index contributed by atoms with van der Waals surface area (Å²) in [5, 5.41) is 4.81. The fourth-order valence-electron chi connectivity index (χ4n) is 1.52. The second-order valence-corrected chi connectivity index (χ2v) is 3.40. The van der Waals surface area contributed by atoms with Gasteiger partial charge in [0.25, 0.3) is 5.91 Å². The monoisotopic (exact) mass is 220 g/mol. The molecule has 0 aromatic heterocycles. The number of imide groups is 1. The normalized spacial score (nSPS) is 22.9. The third-order valence-corrected chi connectivity index (χ3v) is 2.40. The number of hydrogen-bond donors (Lipinski definition) is 2. The lowest BCUT2D eigenvalue weighted by molar-refractivity contribution is -0.123. The molecule has 4 heteroatoms. The molecule has 0 bridgehead atoms. The summed E-state index contributed by atoms with van der Waals surface area (Å²) in [7, 11) is 0. The van der Waals surface area contributed by atoms with Gasteiger partial charge >= 0.3 is 6.03 Å². The van der Waals surface area contributed by atoms with Crippen LogP contribution in [-0.2, 0) is 10.3 Å². The first-order valence-corrected chi connectivity index (χ1v) is 5.32. The molecule has 0 aliphatic carbocycles. The molecule has 0 spiro atoms. The molecule has 1 aliphatic rings. The summed E-state index contributed by atoms with van der Waals surface area (Å²) in [6, 6.07) is 8.70. The maximum Gasteiger partial charge on any atom is 0.322 e. The Morgan fingerprint density at radius 2 is 1.62 bits per heavy atom. The Morgan fingerprint density at radius 1 is 1.06 bits per heavy atom. The number of carbonyl (C=O) groups is 2. The molecule has 3 amide bonds. The van der Waals surface area contributed by atoms with Crippen LogP contribution in [0.25, 0.3) is 0 Å². The number of hydrogen-bond acceptors (Lipinski definition) is 2. The zero-order valence-corrected chi connectivity index (χ0v) is 9.70. The van der Waals surface area contributed by atoms with Crippen LogP contribution < -0.4 is 10.6 Å². The Labute approximate surface area is 95.0 Å². The topological polar surface area (TPSA) is 58.2 Å². The van der Waals surface area contributed by atoms with E-state index in [0.29, 0.717) is 0 Å². The molecular formula is C12H16N2O2. The van der Waals surface area contributed by atoms with E-state index in [2.05, 4.69) is 10.6 Å². The summed E-state index contributed by atoms with van der Waals surface area (Å²) in [6.07, 6.45) is 0. The first-order chi connectivity index (χ1) is 7.63. The van der Waals surface area contributed by atoms with Gasteiger partial charge in [-0.15, -0.1) is 0 Å². The zero-order chi connectivity index (χ0) is 12.2. The maximum absolute atomic E-state index is 11.5. The summed E-state index contributed by atoms with van der Waals surface area (Å²) < 4.78 is 0. The van der Waals surface area contributed by atoms with Crippen molar-refractivity contribution < 1.29 is 9.59 Å². The van der Waals surface area contributed by atoms with Crippen LogP contribution in [0.5, 0.6) is 0 Å². The van der Waals surface area contributed by atoms with Gasteiger partial charge in [-0.3, -0.25) is 10.1 Å². The van der Waals surface area contributed by atoms with Gasteiger partial charge < -0.3 is 5.32 Å². The van der Waals surface area contributed by atoms with E-state index in [0.717, 1.165) is 5.56 Å². The van der Waals surface area contributed by atoms with Gasteiger partial charge in [0.05, 0.1) is 0 Å². The van der Waals surface area contributed by atoms with Crippen LogP contribution >= 0.6 is 0 Å². The van der Waals surface area contributed by atoms with Crippen LogP contribution in [-0.4, -0.2) is 11.9 Å². The average molecular weight is 220 g/mol. The van der Waals surface area contributed by atoms with Gasteiger partial charge in [0.15, 0.2) is 0 Å². The van der Waals surface area contributed by atoms with Crippen molar-refractivity contribution in [3.8, 4) is 0 Å². The minimum absolute atomic E-state index is 0.311. The zero-order valence-electron chi connectivity index (χ0n) is 9.70. The number of amides is 3. The molecule has 2 rings (SSSR count). The smallest absolute Gasteiger partial charge is 0.320 e. The van der Waals surface area contributed by atoms with E-state index in [1.54, 1.807) is 6.92 Å². The average Bonchev–Trinajstić information content (AvgIpc) is 2.58. The maximum atomic E-state index is 11.5. The molecule has 0 radical (unpaired) electrons. The van der Waals surface area contributed by atoms with Crippen LogP contribution in [0.4, 0.5) is 4.79 Å². The summed E-state index contributed by atoms with van der Waals surface area (Å²) in [5.74, 6) is -0.311. The molecule has 1 atom stereocenters. The summed E-state index contributed by atoms with van der Waals surface area (Å²) >= 11 is 0. The Morgan fingerprint density at radius 3 is 2.06 bits per heavy atom. The standard InChI is InChI=1S/C10H10N2O2.C2H6/c1-10(7-5-3-2-4-6-7)8(13)11-9(14)12-10;1-2/h2-6H,1H3,(H2,11,12,13,14);1-2H3. The molecule has 86 valence electrons. The first-order valence-electron chi connectivity index (χ1n) is 5.32. The van der Waals surface area contributed by atoms with E-state index < -0.39 is 11.6 Å². The summed E-state index contributed by atoms with van der Waals surface area (Å²) in [6.45, 7) is 5.68. The molecule has 1 fully saturated rings. The highest BCUT2D eigenvalue weighted by atomic mass is 16.2. The highest BCUT2D eigenvalue weighted by Gasteiger charge is 2.43. The van der Waals surface area contributed by atoms with Crippen molar-refractivity contribution in [2.24, 2.45) is 0 Å². The predicted molar refractivity (Wildman–Crippen MR) is 61.8 cm³/mol. The van der Waals surface area contributed by atoms with Gasteiger partial charge in [-0.1, -0.05) is 44.2 Å². The molecule has 1 unspecified atom stereocenters. The van der Waals surface area contributed by atoms with Crippen LogP contribution in [0.3, 0.4) is 0 Å². The predicted octanol–water partition coefficient (Wildman–Crippen LogP) is 1.77. The number of nitrogens with one attached hydrogen (secondary N) is 2. The third kappa shape index (κ3) is 2.05. The van der Waals surface area contributed by atoms with Crippen molar-refractivity contribution >= 4 is 11.9 Å². The second kappa shape index (κ2) is 4.79. The van der Waals surface area contributed by atoms with E-state index in [1.807, 2.05) is 44.2 Å². The number of carbonyl (C=O) groups excluding carboxylic acids is 2. The minimum Gasteiger partial charge on any atom is -0.320 e. The van der Waals surface area contributed by atoms with Gasteiger partial charge in [-0.05, 0) is 12.5 Å². The molecule has 2 N–H and O–H groups in total. The van der Waals surface area contributed by atoms with E-state index >= 15 is 0 Å². The Bertz CT molecular complexity index is 389. The molecule has 16 heavy (non-hydrogen) atoms. The van der Waals surface area contributed by atoms with Crippen LogP contribution in [0.1, 0.15) is 26.3 Å². The van der Waals surface area contributed by atoms with Crippen molar-refractivity contribution in [2.45, 2.75) is 26.3 Å². The van der Waals surface area contributed by atoms with Crippen molar-refractivity contribution in [1.82, 2.24) is 10.6 Å². The molecule has 1 heterocycles. The lowest BCUT2D eigenvalue weighted by Crippen LogP contribution is -2.40. The Hall–Kier alpha value is -1.84. The SMILES string of the molecule is CC.CC1(c2ccccc2)NC(=O)NC1=O. The molecule has 1 saturated heterocycles. The highest BCUT2D eigenvalue weighted by Crippen LogP contribution is 2.23. The summed E-state index contributed by atoms with van der Waals surface area (Å²) in [4.78, 5) is 22.5. The van der Waals surface area contributed by atoms with E-state index in [1.165, 1.54) is 0 Å². The van der Waals surface area contributed by atoms with Gasteiger partial charge in [-0.2, -0.15) is 0 Å². The fraction of sp³-hybridized carbons (Fsp3) is 0.333. The highest BCUT2D eigenvalue weighted by molar-refractivity contribution is 6.07. The van der Waals surface area contributed by atoms with Crippen LogP contribution in [0.2, 0.25) is 0 Å². The van der Waals surface area contributed by atoms with Gasteiger partial charge in [0.2, 0.25) is 0 Å². The van der Waals surface area contributed by atoms with Gasteiger partial charge in [0.1, 0.15) is 5.54 Å². The lowest BCUT2D eigenvalue weighted by Gasteiger charge is -2.20. The lowest BCUT2D eigenvalue weighted by atomic mass is 9.92. The van der Waals surface area contributed by atoms with E-state index in [-0.39, 0.29) is 5.91 Å². The molecule has 1 aromatic rings. The van der Waals surface area contributed by atoms with Crippen molar-refractivity contribution in [2.75, 3.05) is 0 Å². The number of rotatable bonds is 1. The van der Waals surface area contributed by atoms with E-state index in [4.69, 9.17) is 0 Å². The van der Waals surface area contributed by atoms with Crippen molar-refractivity contribution in [3.63, 3.8) is 0 Å². The molecule has 4 nitrogen and oxygen atoms in total.